The molecule has 0 aliphatic carbocycles. The summed E-state index contributed by atoms with van der Waals surface area (Å²) < 4.78 is 4.22. The summed E-state index contributed by atoms with van der Waals surface area (Å²) in [7, 11) is 1.36. The molecule has 0 aromatic rings. The van der Waals surface area contributed by atoms with Crippen LogP contribution in [0, 0.1) is 5.92 Å². The van der Waals surface area contributed by atoms with Gasteiger partial charge in [-0.15, -0.1) is 0 Å². The molecule has 0 fully saturated rings. The van der Waals surface area contributed by atoms with E-state index in [0.29, 0.717) is 0 Å². The molecule has 2 N–H and O–H groups in total. The smallest absolute Gasteiger partial charge is 0.366 e. The number of ether oxygens (including phenoxy) is 1. The van der Waals surface area contributed by atoms with Crippen molar-refractivity contribution in [3.8, 4) is 0 Å². The molecule has 12 heavy (non-hydrogen) atoms. The first-order valence-corrected chi connectivity index (χ1v) is 5.12. The summed E-state index contributed by atoms with van der Waals surface area (Å²) in [6, 6.07) is 0. The molecule has 3 nitrogen and oxygen atoms in total. The van der Waals surface area contributed by atoms with E-state index in [9.17, 15) is 4.79 Å². The van der Waals surface area contributed by atoms with Gasteiger partial charge in [0.25, 0.3) is 0 Å². The Hall–Kier alpha value is -0.220. The summed E-state index contributed by atoms with van der Waals surface area (Å²) in [5.41, 5.74) is 5.23. The fraction of sp³-hybridized carbons (Fsp3) is 0.875. The van der Waals surface area contributed by atoms with Crippen LogP contribution >= 0.6 is 11.8 Å². The lowest BCUT2D eigenvalue weighted by molar-refractivity contribution is 0.200. The third kappa shape index (κ3) is 16.4. The van der Waals surface area contributed by atoms with Crippen LogP contribution in [0.4, 0.5) is 4.79 Å². The van der Waals surface area contributed by atoms with E-state index >= 15 is 0 Å². The minimum Gasteiger partial charge on any atom is -0.461 e. The molecule has 0 unspecified atom stereocenters. The molecular formula is C8H19NO2S. The van der Waals surface area contributed by atoms with Crippen LogP contribution in [-0.2, 0) is 4.74 Å². The molecule has 0 saturated heterocycles. The Morgan fingerprint density at radius 3 is 2.08 bits per heavy atom. The molecule has 4 heteroatoms. The third-order valence-corrected chi connectivity index (χ3v) is 1.58. The highest BCUT2D eigenvalue weighted by Crippen LogP contribution is 1.94. The average molecular weight is 193 g/mol. The van der Waals surface area contributed by atoms with Gasteiger partial charge in [-0.05, 0) is 36.9 Å². The third-order valence-electron chi connectivity index (χ3n) is 1.08. The van der Waals surface area contributed by atoms with E-state index in [1.807, 2.05) is 0 Å². The molecule has 0 heterocycles. The second-order valence-electron chi connectivity index (χ2n) is 2.63. The van der Waals surface area contributed by atoms with Crippen molar-refractivity contribution in [2.75, 3.05) is 19.9 Å². The molecule has 0 bridgehead atoms. The van der Waals surface area contributed by atoms with Crippen molar-refractivity contribution in [1.29, 1.82) is 0 Å². The van der Waals surface area contributed by atoms with Gasteiger partial charge in [0.15, 0.2) is 0 Å². The standard InChI is InChI=1S/C5H13N.C3H6O2S/c1-5(2)3-4-6;1-5-3(4)6-2/h5H,3-4,6H2,1-2H3;1-2H3. The van der Waals surface area contributed by atoms with Crippen LogP contribution in [0.3, 0.4) is 0 Å². The van der Waals surface area contributed by atoms with Crippen LogP contribution in [0.25, 0.3) is 0 Å². The first kappa shape index (κ1) is 14.3. The van der Waals surface area contributed by atoms with Gasteiger partial charge in [0.2, 0.25) is 0 Å². The first-order valence-electron chi connectivity index (χ1n) is 3.90. The molecule has 0 aliphatic rings. The van der Waals surface area contributed by atoms with Gasteiger partial charge in [-0.2, -0.15) is 0 Å². The minimum absolute atomic E-state index is 0.241. The number of carbonyl (C=O) groups is 1. The molecule has 0 aliphatic heterocycles. The van der Waals surface area contributed by atoms with Gasteiger partial charge >= 0.3 is 5.30 Å². The van der Waals surface area contributed by atoms with E-state index in [-0.39, 0.29) is 5.30 Å². The van der Waals surface area contributed by atoms with Crippen molar-refractivity contribution >= 4 is 17.1 Å². The Kier molecular flexibility index (Phi) is 12.9. The zero-order valence-corrected chi connectivity index (χ0v) is 9.11. The van der Waals surface area contributed by atoms with Crippen molar-refractivity contribution in [3.63, 3.8) is 0 Å². The lowest BCUT2D eigenvalue weighted by atomic mass is 10.1. The number of rotatable bonds is 2. The van der Waals surface area contributed by atoms with Crippen LogP contribution in [0.2, 0.25) is 0 Å². The number of nitrogens with two attached hydrogens (primary N) is 1. The van der Waals surface area contributed by atoms with Gasteiger partial charge in [0, 0.05) is 0 Å². The SMILES string of the molecule is CC(C)CCN.COC(=O)SC. The quantitative estimate of drug-likeness (QED) is 0.682. The maximum atomic E-state index is 9.92. The van der Waals surface area contributed by atoms with Gasteiger partial charge in [0.1, 0.15) is 0 Å². The predicted molar refractivity (Wildman–Crippen MR) is 54.4 cm³/mol. The maximum Gasteiger partial charge on any atom is 0.366 e. The van der Waals surface area contributed by atoms with Crippen molar-refractivity contribution in [3.05, 3.63) is 0 Å². The van der Waals surface area contributed by atoms with Gasteiger partial charge in [0.05, 0.1) is 7.11 Å². The van der Waals surface area contributed by atoms with E-state index in [1.54, 1.807) is 6.26 Å². The van der Waals surface area contributed by atoms with Crippen molar-refractivity contribution in [2.24, 2.45) is 11.7 Å². The van der Waals surface area contributed by atoms with E-state index < -0.39 is 0 Å². The van der Waals surface area contributed by atoms with Gasteiger partial charge < -0.3 is 10.5 Å². The summed E-state index contributed by atoms with van der Waals surface area (Å²) in [5, 5.41) is -0.241. The molecule has 0 atom stereocenters. The van der Waals surface area contributed by atoms with Crippen LogP contribution in [-0.4, -0.2) is 25.2 Å². The summed E-state index contributed by atoms with van der Waals surface area (Å²) in [4.78, 5) is 9.92. The summed E-state index contributed by atoms with van der Waals surface area (Å²) in [6.07, 6.45) is 2.83. The first-order chi connectivity index (χ1) is 5.58. The van der Waals surface area contributed by atoms with Crippen molar-refractivity contribution in [2.45, 2.75) is 20.3 Å². The van der Waals surface area contributed by atoms with Gasteiger partial charge in [-0.25, -0.2) is 4.79 Å². The number of carbonyl (C=O) groups excluding carboxylic acids is 1. The molecular weight excluding hydrogens is 174 g/mol. The van der Waals surface area contributed by atoms with E-state index in [1.165, 1.54) is 7.11 Å². The molecule has 0 spiro atoms. The van der Waals surface area contributed by atoms with Crippen LogP contribution in [0.5, 0.6) is 0 Å². The fourth-order valence-corrected chi connectivity index (χ4v) is 0.583. The Morgan fingerprint density at radius 2 is 2.08 bits per heavy atom. The van der Waals surface area contributed by atoms with Gasteiger partial charge in [-0.1, -0.05) is 13.8 Å². The molecule has 0 aromatic heterocycles. The normalized spacial score (nSPS) is 8.83. The van der Waals surface area contributed by atoms with Gasteiger partial charge in [-0.3, -0.25) is 0 Å². The Balaban J connectivity index is 0. The largest absolute Gasteiger partial charge is 0.461 e. The fourth-order valence-electron chi connectivity index (χ4n) is 0.417. The highest BCUT2D eigenvalue weighted by molar-refractivity contribution is 8.12. The summed E-state index contributed by atoms with van der Waals surface area (Å²) >= 11 is 1.06. The van der Waals surface area contributed by atoms with E-state index in [4.69, 9.17) is 5.73 Å². The maximum absolute atomic E-state index is 9.92. The van der Waals surface area contributed by atoms with E-state index in [2.05, 4.69) is 18.6 Å². The Labute approximate surface area is 79.0 Å². The number of hydrogen-bond donors (Lipinski definition) is 1. The highest BCUT2D eigenvalue weighted by atomic mass is 32.2. The lowest BCUT2D eigenvalue weighted by Crippen LogP contribution is -2.01. The summed E-state index contributed by atoms with van der Waals surface area (Å²) in [6.45, 7) is 5.18. The van der Waals surface area contributed by atoms with Crippen molar-refractivity contribution < 1.29 is 9.53 Å². The van der Waals surface area contributed by atoms with Crippen LogP contribution in [0.1, 0.15) is 20.3 Å². The molecule has 0 aromatic carbocycles. The molecule has 74 valence electrons. The highest BCUT2D eigenvalue weighted by Gasteiger charge is 1.88. The molecule has 0 rings (SSSR count). The molecule has 0 radical (unpaired) electrons. The lowest BCUT2D eigenvalue weighted by Gasteiger charge is -1.96. The number of methoxy groups -OCH3 is 1. The second-order valence-corrected chi connectivity index (χ2v) is 3.37. The summed E-state index contributed by atoms with van der Waals surface area (Å²) in [5.74, 6) is 0.773. The number of thioether (sulfide) groups is 1. The molecule has 0 saturated carbocycles. The van der Waals surface area contributed by atoms with Crippen LogP contribution < -0.4 is 5.73 Å². The predicted octanol–water partition coefficient (Wildman–Crippen LogP) is 2.11. The second kappa shape index (κ2) is 10.8. The average Bonchev–Trinajstić information content (AvgIpc) is 2.04. The minimum atomic E-state index is -0.241. The number of hydrogen-bond acceptors (Lipinski definition) is 4. The Bertz CT molecular complexity index is 101. The van der Waals surface area contributed by atoms with E-state index in [0.717, 1.165) is 30.6 Å². The molecule has 0 amide bonds. The van der Waals surface area contributed by atoms with Crippen LogP contribution in [0.15, 0.2) is 0 Å². The Morgan fingerprint density at radius 1 is 1.58 bits per heavy atom. The topological polar surface area (TPSA) is 52.3 Å². The van der Waals surface area contributed by atoms with Crippen molar-refractivity contribution in [1.82, 2.24) is 0 Å². The monoisotopic (exact) mass is 193 g/mol. The zero-order valence-electron chi connectivity index (χ0n) is 8.29. The zero-order chi connectivity index (χ0) is 9.98.